The standard InChI is InChI=1S/C40H42F2N6O3/c1-2-29-32(41)12-9-26-20-28(49)21-30(34(26)29)36-35(42)37-31(23-44-36)38(47-15-5-18-50-19-17-47)46-39(45-37)51-24-40-13-3-6-33(40)48(16-4-14-40)27-10-7-25(22-43)8-11-27/h1,9,12,20-21,23,25,27,33,49H,3-8,10-11,13-19,24H2/t25?,27?,33?,40-/m1/s1. The number of likely N-dealkylation sites (tertiary alicyclic amines) is 1. The Bertz CT molecular complexity index is 2050. The van der Waals surface area contributed by atoms with Crippen molar-refractivity contribution in [1.29, 1.82) is 5.26 Å². The Hall–Kier alpha value is -4.58. The Kier molecular flexibility index (Phi) is 9.12. The van der Waals surface area contributed by atoms with E-state index in [0.29, 0.717) is 61.6 Å². The van der Waals surface area contributed by atoms with Crippen LogP contribution in [0.4, 0.5) is 14.6 Å². The molecule has 4 heterocycles. The number of hydrogen-bond donors (Lipinski definition) is 1. The van der Waals surface area contributed by atoms with E-state index in [1.165, 1.54) is 30.5 Å². The molecule has 0 spiro atoms. The van der Waals surface area contributed by atoms with E-state index in [4.69, 9.17) is 25.9 Å². The van der Waals surface area contributed by atoms with E-state index in [0.717, 1.165) is 70.8 Å². The van der Waals surface area contributed by atoms with Gasteiger partial charge in [-0.15, -0.1) is 6.42 Å². The lowest BCUT2D eigenvalue weighted by Gasteiger charge is -2.50. The van der Waals surface area contributed by atoms with Gasteiger partial charge in [0.05, 0.1) is 30.2 Å². The number of anilines is 1. The molecule has 0 bridgehead atoms. The molecular formula is C40H42F2N6O3. The van der Waals surface area contributed by atoms with Gasteiger partial charge in [-0.3, -0.25) is 9.88 Å². The van der Waals surface area contributed by atoms with Gasteiger partial charge in [0, 0.05) is 60.3 Å². The molecule has 4 aliphatic rings. The topological polar surface area (TPSA) is 108 Å². The van der Waals surface area contributed by atoms with Gasteiger partial charge < -0.3 is 19.5 Å². The molecule has 4 fully saturated rings. The molecule has 51 heavy (non-hydrogen) atoms. The quantitative estimate of drug-likeness (QED) is 0.211. The van der Waals surface area contributed by atoms with Crippen LogP contribution in [0.5, 0.6) is 11.8 Å². The van der Waals surface area contributed by atoms with Crippen molar-refractivity contribution >= 4 is 27.5 Å². The van der Waals surface area contributed by atoms with Gasteiger partial charge >= 0.3 is 6.01 Å². The van der Waals surface area contributed by atoms with Gasteiger partial charge in [0.2, 0.25) is 0 Å². The SMILES string of the molecule is C#Cc1c(F)ccc2cc(O)cc(-c3ncc4c(N5CCCOCC5)nc(OC[C@]56CCCC5N(C5CCC(C#N)CC5)CCC6)nc4c3F)c12. The Morgan fingerprint density at radius 3 is 2.69 bits per heavy atom. The van der Waals surface area contributed by atoms with E-state index >= 15 is 4.39 Å². The van der Waals surface area contributed by atoms with E-state index in [-0.39, 0.29) is 50.8 Å². The molecule has 2 aromatic heterocycles. The Morgan fingerprint density at radius 1 is 1.02 bits per heavy atom. The molecule has 264 valence electrons. The second-order valence-electron chi connectivity index (χ2n) is 14.7. The van der Waals surface area contributed by atoms with Crippen LogP contribution in [0.1, 0.15) is 69.8 Å². The third-order valence-electron chi connectivity index (χ3n) is 11.8. The van der Waals surface area contributed by atoms with Crippen LogP contribution in [0.3, 0.4) is 0 Å². The molecule has 11 heteroatoms. The summed E-state index contributed by atoms with van der Waals surface area (Å²) in [7, 11) is 0. The van der Waals surface area contributed by atoms with Crippen molar-refractivity contribution in [2.45, 2.75) is 76.3 Å². The third kappa shape index (κ3) is 6.11. The van der Waals surface area contributed by atoms with Crippen LogP contribution in [0, 0.1) is 46.6 Å². The number of ether oxygens (including phenoxy) is 2. The normalized spacial score (nSPS) is 25.6. The number of rotatable bonds is 6. The summed E-state index contributed by atoms with van der Waals surface area (Å²) in [6, 6.07) is 8.99. The van der Waals surface area contributed by atoms with Gasteiger partial charge in [-0.05, 0) is 87.9 Å². The molecule has 9 nitrogen and oxygen atoms in total. The lowest BCUT2D eigenvalue weighted by Crippen LogP contribution is -2.56. The van der Waals surface area contributed by atoms with Crippen molar-refractivity contribution in [3.05, 3.63) is 47.7 Å². The van der Waals surface area contributed by atoms with Gasteiger partial charge in [0.1, 0.15) is 28.6 Å². The van der Waals surface area contributed by atoms with Gasteiger partial charge in [-0.25, -0.2) is 8.78 Å². The number of phenolic OH excluding ortho intramolecular Hbond substituents is 1. The summed E-state index contributed by atoms with van der Waals surface area (Å²) in [5, 5.41) is 21.2. The molecule has 2 aliphatic heterocycles. The van der Waals surface area contributed by atoms with Crippen molar-refractivity contribution in [3.63, 3.8) is 0 Å². The zero-order chi connectivity index (χ0) is 35.1. The van der Waals surface area contributed by atoms with Crippen LogP contribution in [0.25, 0.3) is 32.9 Å². The fourth-order valence-electron chi connectivity index (χ4n) is 9.35. The summed E-state index contributed by atoms with van der Waals surface area (Å²) in [4.78, 5) is 18.9. The zero-order valence-corrected chi connectivity index (χ0v) is 28.7. The number of aromatic nitrogens is 3. The maximum atomic E-state index is 17.0. The van der Waals surface area contributed by atoms with Gasteiger partial charge in [-0.2, -0.15) is 15.2 Å². The number of halogens is 2. The van der Waals surface area contributed by atoms with Crippen LogP contribution in [0.15, 0.2) is 30.5 Å². The van der Waals surface area contributed by atoms with Crippen LogP contribution in [-0.4, -0.2) is 76.5 Å². The molecule has 0 radical (unpaired) electrons. The first-order valence-corrected chi connectivity index (χ1v) is 18.3. The fourth-order valence-corrected chi connectivity index (χ4v) is 9.35. The second-order valence-corrected chi connectivity index (χ2v) is 14.7. The number of phenols is 1. The third-order valence-corrected chi connectivity index (χ3v) is 11.8. The van der Waals surface area contributed by atoms with E-state index in [1.807, 2.05) is 0 Å². The Balaban J connectivity index is 1.18. The average Bonchev–Trinajstić information content (AvgIpc) is 3.40. The molecule has 1 unspecified atom stereocenters. The summed E-state index contributed by atoms with van der Waals surface area (Å²) >= 11 is 0. The molecular weight excluding hydrogens is 650 g/mol. The van der Waals surface area contributed by atoms with Crippen LogP contribution in [0.2, 0.25) is 0 Å². The summed E-state index contributed by atoms with van der Waals surface area (Å²) in [6.07, 6.45) is 17.5. The van der Waals surface area contributed by atoms with Crippen LogP contribution in [-0.2, 0) is 4.74 Å². The molecule has 2 aromatic carbocycles. The van der Waals surface area contributed by atoms with Crippen molar-refractivity contribution in [2.75, 3.05) is 44.4 Å². The first-order chi connectivity index (χ1) is 24.9. The van der Waals surface area contributed by atoms with Crippen molar-refractivity contribution < 1.29 is 23.4 Å². The highest BCUT2D eigenvalue weighted by atomic mass is 19.1. The minimum atomic E-state index is -0.736. The molecule has 0 amide bonds. The largest absolute Gasteiger partial charge is 0.508 e. The Morgan fingerprint density at radius 2 is 1.86 bits per heavy atom. The summed E-state index contributed by atoms with van der Waals surface area (Å²) in [5.74, 6) is 1.60. The fraction of sp³-hybridized carbons (Fsp3) is 0.500. The number of benzene rings is 2. The van der Waals surface area contributed by atoms with Gasteiger partial charge in [0.25, 0.3) is 0 Å². The first kappa shape index (κ1) is 33.6. The molecule has 2 atom stereocenters. The molecule has 2 aliphatic carbocycles. The van der Waals surface area contributed by atoms with E-state index in [1.54, 1.807) is 0 Å². The van der Waals surface area contributed by atoms with Crippen LogP contribution < -0.4 is 9.64 Å². The van der Waals surface area contributed by atoms with E-state index in [2.05, 4.69) is 26.8 Å². The monoisotopic (exact) mass is 692 g/mol. The maximum Gasteiger partial charge on any atom is 0.319 e. The number of hydrogen-bond acceptors (Lipinski definition) is 9. The van der Waals surface area contributed by atoms with E-state index in [9.17, 15) is 14.8 Å². The summed E-state index contributed by atoms with van der Waals surface area (Å²) in [6.45, 7) is 3.84. The lowest BCUT2D eigenvalue weighted by molar-refractivity contribution is -0.0317. The highest BCUT2D eigenvalue weighted by molar-refractivity contribution is 6.03. The number of aromatic hydroxyl groups is 1. The second kappa shape index (κ2) is 13.9. The number of nitriles is 1. The molecule has 4 aromatic rings. The van der Waals surface area contributed by atoms with E-state index < -0.39 is 11.6 Å². The number of terminal acetylenes is 1. The number of piperidine rings is 1. The van der Waals surface area contributed by atoms with Crippen molar-refractivity contribution in [1.82, 2.24) is 19.9 Å². The van der Waals surface area contributed by atoms with Crippen molar-refractivity contribution in [3.8, 4) is 41.4 Å². The van der Waals surface area contributed by atoms with Crippen molar-refractivity contribution in [2.24, 2.45) is 11.3 Å². The smallest absolute Gasteiger partial charge is 0.319 e. The minimum absolute atomic E-state index is 0.0281. The van der Waals surface area contributed by atoms with Crippen LogP contribution >= 0.6 is 0 Å². The highest BCUT2D eigenvalue weighted by Crippen LogP contribution is 2.50. The van der Waals surface area contributed by atoms with Gasteiger partial charge in [0.15, 0.2) is 5.82 Å². The predicted molar refractivity (Wildman–Crippen MR) is 190 cm³/mol. The molecule has 1 N–H and O–H groups in total. The van der Waals surface area contributed by atoms with Gasteiger partial charge in [-0.1, -0.05) is 18.4 Å². The average molecular weight is 693 g/mol. The first-order valence-electron chi connectivity index (χ1n) is 18.3. The highest BCUT2D eigenvalue weighted by Gasteiger charge is 2.50. The zero-order valence-electron chi connectivity index (χ0n) is 28.7. The Labute approximate surface area is 296 Å². The molecule has 8 rings (SSSR count). The minimum Gasteiger partial charge on any atom is -0.508 e. The summed E-state index contributed by atoms with van der Waals surface area (Å²) in [5.41, 5.74) is -0.00601. The molecule has 2 saturated carbocycles. The number of pyridine rings is 1. The maximum absolute atomic E-state index is 17.0. The lowest BCUT2D eigenvalue weighted by atomic mass is 9.74. The predicted octanol–water partition coefficient (Wildman–Crippen LogP) is 7.13. The number of fused-ring (bicyclic) bond motifs is 3. The number of nitrogens with zero attached hydrogens (tertiary/aromatic N) is 6. The summed E-state index contributed by atoms with van der Waals surface area (Å²) < 4.78 is 44.2. The molecule has 2 saturated heterocycles.